The zero-order valence-electron chi connectivity index (χ0n) is 9.70. The molecule has 0 amide bonds. The molecule has 0 atom stereocenters. The van der Waals surface area contributed by atoms with E-state index in [-0.39, 0.29) is 6.61 Å². The van der Waals surface area contributed by atoms with Gasteiger partial charge in [-0.3, -0.25) is 0 Å². The lowest BCUT2D eigenvalue weighted by atomic mass is 9.98. The van der Waals surface area contributed by atoms with Crippen molar-refractivity contribution in [3.8, 4) is 11.1 Å². The van der Waals surface area contributed by atoms with Crippen molar-refractivity contribution < 1.29 is 5.11 Å². The SMILES string of the molecule is Cc1ccc(-c2ccc(CO)cc2C)cc1. The zero-order chi connectivity index (χ0) is 11.5. The summed E-state index contributed by atoms with van der Waals surface area (Å²) in [6, 6.07) is 14.6. The average molecular weight is 212 g/mol. The third-order valence-corrected chi connectivity index (χ3v) is 2.84. The summed E-state index contributed by atoms with van der Waals surface area (Å²) in [4.78, 5) is 0. The molecular weight excluding hydrogens is 196 g/mol. The van der Waals surface area contributed by atoms with Crippen molar-refractivity contribution in [2.45, 2.75) is 20.5 Å². The minimum absolute atomic E-state index is 0.106. The van der Waals surface area contributed by atoms with Crippen molar-refractivity contribution in [2.75, 3.05) is 0 Å². The fourth-order valence-corrected chi connectivity index (χ4v) is 1.88. The van der Waals surface area contributed by atoms with Crippen molar-refractivity contribution in [3.63, 3.8) is 0 Å². The van der Waals surface area contributed by atoms with E-state index in [0.717, 1.165) is 5.56 Å². The third kappa shape index (κ3) is 2.15. The van der Waals surface area contributed by atoms with E-state index in [9.17, 15) is 0 Å². The highest BCUT2D eigenvalue weighted by Gasteiger charge is 2.02. The second kappa shape index (κ2) is 4.50. The maximum atomic E-state index is 9.06. The minimum atomic E-state index is 0.106. The fraction of sp³-hybridized carbons (Fsp3) is 0.200. The fourth-order valence-electron chi connectivity index (χ4n) is 1.88. The van der Waals surface area contributed by atoms with Crippen LogP contribution in [0.1, 0.15) is 16.7 Å². The van der Waals surface area contributed by atoms with Gasteiger partial charge in [0.15, 0.2) is 0 Å². The van der Waals surface area contributed by atoms with Crippen LogP contribution in [-0.4, -0.2) is 5.11 Å². The Balaban J connectivity index is 2.44. The maximum Gasteiger partial charge on any atom is 0.0681 e. The van der Waals surface area contributed by atoms with Gasteiger partial charge in [0.1, 0.15) is 0 Å². The Labute approximate surface area is 96.4 Å². The lowest BCUT2D eigenvalue weighted by Gasteiger charge is -2.08. The number of aliphatic hydroxyl groups excluding tert-OH is 1. The minimum Gasteiger partial charge on any atom is -0.392 e. The van der Waals surface area contributed by atoms with Crippen LogP contribution in [-0.2, 0) is 6.61 Å². The molecule has 0 bridgehead atoms. The van der Waals surface area contributed by atoms with Crippen molar-refractivity contribution >= 4 is 0 Å². The van der Waals surface area contributed by atoms with Crippen molar-refractivity contribution in [1.29, 1.82) is 0 Å². The average Bonchev–Trinajstić information content (AvgIpc) is 2.30. The van der Waals surface area contributed by atoms with Crippen LogP contribution in [0.5, 0.6) is 0 Å². The van der Waals surface area contributed by atoms with Gasteiger partial charge in [0.25, 0.3) is 0 Å². The van der Waals surface area contributed by atoms with Gasteiger partial charge in [-0.25, -0.2) is 0 Å². The molecule has 0 saturated heterocycles. The van der Waals surface area contributed by atoms with Gasteiger partial charge in [0, 0.05) is 0 Å². The van der Waals surface area contributed by atoms with Crippen molar-refractivity contribution in [3.05, 3.63) is 59.2 Å². The van der Waals surface area contributed by atoms with E-state index >= 15 is 0 Å². The number of hydrogen-bond acceptors (Lipinski definition) is 1. The first-order valence-electron chi connectivity index (χ1n) is 5.48. The third-order valence-electron chi connectivity index (χ3n) is 2.84. The molecular formula is C15H16O. The molecule has 0 fully saturated rings. The van der Waals surface area contributed by atoms with Gasteiger partial charge in [-0.15, -0.1) is 0 Å². The molecule has 0 unspecified atom stereocenters. The Morgan fingerprint density at radius 2 is 1.62 bits per heavy atom. The maximum absolute atomic E-state index is 9.06. The van der Waals surface area contributed by atoms with E-state index < -0.39 is 0 Å². The summed E-state index contributed by atoms with van der Waals surface area (Å²) in [7, 11) is 0. The van der Waals surface area contributed by atoms with Gasteiger partial charge in [0.2, 0.25) is 0 Å². The van der Waals surface area contributed by atoms with Crippen LogP contribution in [0.2, 0.25) is 0 Å². The molecule has 0 radical (unpaired) electrons. The number of benzene rings is 2. The van der Waals surface area contributed by atoms with E-state index in [2.05, 4.69) is 44.2 Å². The highest BCUT2D eigenvalue weighted by molar-refractivity contribution is 5.67. The first kappa shape index (κ1) is 10.9. The van der Waals surface area contributed by atoms with Crippen LogP contribution in [0.25, 0.3) is 11.1 Å². The van der Waals surface area contributed by atoms with Gasteiger partial charge >= 0.3 is 0 Å². The van der Waals surface area contributed by atoms with Crippen LogP contribution in [0.3, 0.4) is 0 Å². The molecule has 16 heavy (non-hydrogen) atoms. The van der Waals surface area contributed by atoms with Gasteiger partial charge in [-0.2, -0.15) is 0 Å². The Morgan fingerprint density at radius 1 is 0.938 bits per heavy atom. The summed E-state index contributed by atoms with van der Waals surface area (Å²) < 4.78 is 0. The largest absolute Gasteiger partial charge is 0.392 e. The molecule has 82 valence electrons. The molecule has 1 N–H and O–H groups in total. The molecule has 0 spiro atoms. The summed E-state index contributed by atoms with van der Waals surface area (Å²) >= 11 is 0. The lowest BCUT2D eigenvalue weighted by Crippen LogP contribution is -1.88. The summed E-state index contributed by atoms with van der Waals surface area (Å²) in [6.07, 6.45) is 0. The molecule has 1 heteroatoms. The monoisotopic (exact) mass is 212 g/mol. The molecule has 2 aromatic rings. The predicted molar refractivity (Wildman–Crippen MR) is 67.3 cm³/mol. The molecule has 0 aliphatic heterocycles. The van der Waals surface area contributed by atoms with E-state index in [1.165, 1.54) is 22.3 Å². The molecule has 2 rings (SSSR count). The Morgan fingerprint density at radius 3 is 2.19 bits per heavy atom. The first-order chi connectivity index (χ1) is 7.70. The van der Waals surface area contributed by atoms with Gasteiger partial charge in [-0.1, -0.05) is 48.0 Å². The Hall–Kier alpha value is -1.60. The van der Waals surface area contributed by atoms with Crippen LogP contribution in [0, 0.1) is 13.8 Å². The van der Waals surface area contributed by atoms with Crippen LogP contribution in [0.4, 0.5) is 0 Å². The smallest absolute Gasteiger partial charge is 0.0681 e. The van der Waals surface area contributed by atoms with E-state index in [1.54, 1.807) is 0 Å². The highest BCUT2D eigenvalue weighted by Crippen LogP contribution is 2.24. The summed E-state index contributed by atoms with van der Waals surface area (Å²) in [5.41, 5.74) is 5.90. The molecule has 0 aromatic heterocycles. The van der Waals surface area contributed by atoms with Crippen molar-refractivity contribution in [2.24, 2.45) is 0 Å². The second-order valence-electron chi connectivity index (χ2n) is 4.17. The summed E-state index contributed by atoms with van der Waals surface area (Å²) in [6.45, 7) is 4.27. The molecule has 1 nitrogen and oxygen atoms in total. The molecule has 2 aromatic carbocycles. The Bertz CT molecular complexity index is 483. The first-order valence-corrected chi connectivity index (χ1v) is 5.48. The molecule has 0 saturated carbocycles. The number of hydrogen-bond donors (Lipinski definition) is 1. The lowest BCUT2D eigenvalue weighted by molar-refractivity contribution is 0.282. The van der Waals surface area contributed by atoms with Crippen molar-refractivity contribution in [1.82, 2.24) is 0 Å². The molecule has 0 aliphatic rings. The normalized spacial score (nSPS) is 10.4. The van der Waals surface area contributed by atoms with Gasteiger partial charge in [0.05, 0.1) is 6.61 Å². The van der Waals surface area contributed by atoms with E-state index in [0.29, 0.717) is 0 Å². The quantitative estimate of drug-likeness (QED) is 0.808. The topological polar surface area (TPSA) is 20.2 Å². The van der Waals surface area contributed by atoms with E-state index in [1.807, 2.05) is 12.1 Å². The molecule has 0 aliphatic carbocycles. The highest BCUT2D eigenvalue weighted by atomic mass is 16.3. The predicted octanol–water partition coefficient (Wildman–Crippen LogP) is 3.46. The zero-order valence-corrected chi connectivity index (χ0v) is 9.70. The number of aryl methyl sites for hydroxylation is 2. The van der Waals surface area contributed by atoms with Crippen LogP contribution < -0.4 is 0 Å². The van der Waals surface area contributed by atoms with Crippen LogP contribution >= 0.6 is 0 Å². The summed E-state index contributed by atoms with van der Waals surface area (Å²) in [5, 5.41) is 9.06. The summed E-state index contributed by atoms with van der Waals surface area (Å²) in [5.74, 6) is 0. The van der Waals surface area contributed by atoms with E-state index in [4.69, 9.17) is 5.11 Å². The number of rotatable bonds is 2. The number of aliphatic hydroxyl groups is 1. The van der Waals surface area contributed by atoms with Crippen LogP contribution in [0.15, 0.2) is 42.5 Å². The molecule has 0 heterocycles. The standard InChI is InChI=1S/C15H16O/c1-11-3-6-14(7-4-11)15-8-5-13(10-16)9-12(15)2/h3-9,16H,10H2,1-2H3. The second-order valence-corrected chi connectivity index (χ2v) is 4.17. The Kier molecular flexibility index (Phi) is 3.07. The van der Waals surface area contributed by atoms with Gasteiger partial charge in [-0.05, 0) is 36.1 Å². The van der Waals surface area contributed by atoms with Gasteiger partial charge < -0.3 is 5.11 Å².